The van der Waals surface area contributed by atoms with Crippen LogP contribution >= 0.6 is 0 Å². The molecule has 6 heteroatoms. The smallest absolute Gasteiger partial charge is 0.258 e. The van der Waals surface area contributed by atoms with Crippen molar-refractivity contribution in [3.8, 4) is 11.4 Å². The van der Waals surface area contributed by atoms with Crippen molar-refractivity contribution >= 4 is 5.69 Å². The van der Waals surface area contributed by atoms with Gasteiger partial charge in [0.15, 0.2) is 5.82 Å². The summed E-state index contributed by atoms with van der Waals surface area (Å²) in [5.41, 5.74) is 0.635. The van der Waals surface area contributed by atoms with Crippen LogP contribution in [0.4, 0.5) is 5.69 Å². The third-order valence-electron chi connectivity index (χ3n) is 2.01. The van der Waals surface area contributed by atoms with E-state index in [1.54, 1.807) is 19.1 Å². The number of nitrogens with zero attached hydrogens (tertiary/aromatic N) is 4. The van der Waals surface area contributed by atoms with Crippen LogP contribution in [0.15, 0.2) is 30.6 Å². The number of hydrogen-bond donors (Lipinski definition) is 0. The number of hydrogen-bond acceptors (Lipinski definition) is 5. The first-order chi connectivity index (χ1) is 7.66. The predicted molar refractivity (Wildman–Crippen MR) is 56.7 cm³/mol. The van der Waals surface area contributed by atoms with Crippen LogP contribution in [0, 0.1) is 17.0 Å². The molecule has 0 saturated heterocycles. The van der Waals surface area contributed by atoms with Crippen LogP contribution in [0.1, 0.15) is 5.82 Å². The number of aromatic nitrogens is 3. The van der Waals surface area contributed by atoms with Gasteiger partial charge in [-0.2, -0.15) is 0 Å². The van der Waals surface area contributed by atoms with Crippen molar-refractivity contribution in [2.75, 3.05) is 0 Å². The van der Waals surface area contributed by atoms with E-state index in [1.807, 2.05) is 0 Å². The lowest BCUT2D eigenvalue weighted by atomic mass is 10.2. The van der Waals surface area contributed by atoms with E-state index in [-0.39, 0.29) is 5.69 Å². The molecule has 0 aliphatic rings. The van der Waals surface area contributed by atoms with Gasteiger partial charge in [-0.3, -0.25) is 10.1 Å². The van der Waals surface area contributed by atoms with Crippen molar-refractivity contribution in [2.45, 2.75) is 6.92 Å². The quantitative estimate of drug-likeness (QED) is 0.564. The van der Waals surface area contributed by atoms with Gasteiger partial charge in [0, 0.05) is 17.7 Å². The van der Waals surface area contributed by atoms with Crippen LogP contribution in [0.5, 0.6) is 0 Å². The Balaban J connectivity index is 2.48. The highest BCUT2D eigenvalue weighted by Crippen LogP contribution is 2.20. The van der Waals surface area contributed by atoms with Crippen LogP contribution in [-0.4, -0.2) is 19.9 Å². The fourth-order valence-electron chi connectivity index (χ4n) is 1.28. The Morgan fingerprint density at radius 1 is 1.31 bits per heavy atom. The second kappa shape index (κ2) is 4.01. The monoisotopic (exact) mass is 216 g/mol. The van der Waals surface area contributed by atoms with Gasteiger partial charge in [-0.1, -0.05) is 12.1 Å². The van der Waals surface area contributed by atoms with Crippen LogP contribution in [-0.2, 0) is 0 Å². The van der Waals surface area contributed by atoms with Crippen LogP contribution in [0.25, 0.3) is 11.4 Å². The van der Waals surface area contributed by atoms with Crippen LogP contribution < -0.4 is 0 Å². The highest BCUT2D eigenvalue weighted by Gasteiger charge is 2.08. The average Bonchev–Trinajstić information content (AvgIpc) is 2.29. The summed E-state index contributed by atoms with van der Waals surface area (Å²) in [4.78, 5) is 22.1. The maximum absolute atomic E-state index is 10.6. The van der Waals surface area contributed by atoms with Gasteiger partial charge in [-0.15, -0.1) is 0 Å². The molecule has 1 aromatic carbocycles. The average molecular weight is 216 g/mol. The maximum Gasteiger partial charge on any atom is 0.270 e. The molecule has 0 spiro atoms. The molecule has 0 N–H and O–H groups in total. The molecule has 0 radical (unpaired) electrons. The van der Waals surface area contributed by atoms with E-state index >= 15 is 0 Å². The molecule has 2 aromatic rings. The molecule has 0 fully saturated rings. The van der Waals surface area contributed by atoms with E-state index in [9.17, 15) is 10.1 Å². The summed E-state index contributed by atoms with van der Waals surface area (Å²) < 4.78 is 0. The Kier molecular flexibility index (Phi) is 2.55. The number of aryl methyl sites for hydroxylation is 1. The van der Waals surface area contributed by atoms with Gasteiger partial charge in [-0.05, 0) is 6.92 Å². The summed E-state index contributed by atoms with van der Waals surface area (Å²) in [6, 6.07) is 6.20. The van der Waals surface area contributed by atoms with E-state index in [1.165, 1.54) is 18.5 Å². The third kappa shape index (κ3) is 2.00. The molecule has 0 atom stereocenters. The van der Waals surface area contributed by atoms with Crippen molar-refractivity contribution in [1.29, 1.82) is 0 Å². The van der Waals surface area contributed by atoms with E-state index < -0.39 is 4.92 Å². The lowest BCUT2D eigenvalue weighted by molar-refractivity contribution is -0.384. The predicted octanol–water partition coefficient (Wildman–Crippen LogP) is 1.76. The summed E-state index contributed by atoms with van der Waals surface area (Å²) in [7, 11) is 0. The standard InChI is InChI=1S/C10H8N4O2/c1-7-11-6-12-10(13-7)8-3-2-4-9(5-8)14(15)16/h2-6H,1H3. The topological polar surface area (TPSA) is 81.8 Å². The molecular weight excluding hydrogens is 208 g/mol. The number of rotatable bonds is 2. The van der Waals surface area contributed by atoms with Gasteiger partial charge in [-0.25, -0.2) is 15.0 Å². The summed E-state index contributed by atoms with van der Waals surface area (Å²) in [5, 5.41) is 10.6. The molecule has 6 nitrogen and oxygen atoms in total. The molecule has 0 bridgehead atoms. The number of non-ortho nitro benzene ring substituents is 1. The van der Waals surface area contributed by atoms with E-state index in [2.05, 4.69) is 15.0 Å². The zero-order chi connectivity index (χ0) is 11.5. The van der Waals surface area contributed by atoms with E-state index in [4.69, 9.17) is 0 Å². The van der Waals surface area contributed by atoms with Crippen LogP contribution in [0.3, 0.4) is 0 Å². The number of benzene rings is 1. The first-order valence-corrected chi connectivity index (χ1v) is 4.57. The molecule has 0 unspecified atom stereocenters. The maximum atomic E-state index is 10.6. The molecule has 0 aliphatic heterocycles. The largest absolute Gasteiger partial charge is 0.270 e. The highest BCUT2D eigenvalue weighted by atomic mass is 16.6. The third-order valence-corrected chi connectivity index (χ3v) is 2.01. The summed E-state index contributed by atoms with van der Waals surface area (Å²) in [6.45, 7) is 1.74. The zero-order valence-corrected chi connectivity index (χ0v) is 8.49. The van der Waals surface area contributed by atoms with E-state index in [0.717, 1.165) is 0 Å². The van der Waals surface area contributed by atoms with Crippen molar-refractivity contribution in [2.24, 2.45) is 0 Å². The molecule has 16 heavy (non-hydrogen) atoms. The fourth-order valence-corrected chi connectivity index (χ4v) is 1.28. The van der Waals surface area contributed by atoms with Gasteiger partial charge in [0.05, 0.1) is 4.92 Å². The van der Waals surface area contributed by atoms with Crippen molar-refractivity contribution in [3.63, 3.8) is 0 Å². The second-order valence-corrected chi connectivity index (χ2v) is 3.16. The molecular formula is C10H8N4O2. The summed E-state index contributed by atoms with van der Waals surface area (Å²) in [5.74, 6) is 1.02. The van der Waals surface area contributed by atoms with Crippen LogP contribution in [0.2, 0.25) is 0 Å². The van der Waals surface area contributed by atoms with Gasteiger partial charge >= 0.3 is 0 Å². The molecule has 2 rings (SSSR count). The molecule has 0 aliphatic carbocycles. The molecule has 1 heterocycles. The molecule has 1 aromatic heterocycles. The Hall–Kier alpha value is -2.37. The van der Waals surface area contributed by atoms with E-state index in [0.29, 0.717) is 17.2 Å². The van der Waals surface area contributed by atoms with Gasteiger partial charge in [0.2, 0.25) is 0 Å². The van der Waals surface area contributed by atoms with Crippen molar-refractivity contribution < 1.29 is 4.92 Å². The molecule has 80 valence electrons. The number of nitro groups is 1. The second-order valence-electron chi connectivity index (χ2n) is 3.16. The summed E-state index contributed by atoms with van der Waals surface area (Å²) in [6.07, 6.45) is 1.39. The van der Waals surface area contributed by atoms with Gasteiger partial charge < -0.3 is 0 Å². The minimum Gasteiger partial charge on any atom is -0.258 e. The van der Waals surface area contributed by atoms with Crippen molar-refractivity contribution in [1.82, 2.24) is 15.0 Å². The lowest BCUT2D eigenvalue weighted by Gasteiger charge is -1.99. The first-order valence-electron chi connectivity index (χ1n) is 4.57. The normalized spacial score (nSPS) is 10.1. The molecule has 0 amide bonds. The SMILES string of the molecule is Cc1ncnc(-c2cccc([N+](=O)[O-])c2)n1. The fraction of sp³-hybridized carbons (Fsp3) is 0.100. The number of nitro benzene ring substituents is 1. The Labute approximate surface area is 91.2 Å². The van der Waals surface area contributed by atoms with Crippen molar-refractivity contribution in [3.05, 3.63) is 46.5 Å². The van der Waals surface area contributed by atoms with Gasteiger partial charge in [0.25, 0.3) is 5.69 Å². The minimum absolute atomic E-state index is 0.0237. The minimum atomic E-state index is -0.447. The lowest BCUT2D eigenvalue weighted by Crippen LogP contribution is -1.95. The highest BCUT2D eigenvalue weighted by molar-refractivity contribution is 5.58. The first kappa shape index (κ1) is 10.2. The summed E-state index contributed by atoms with van der Waals surface area (Å²) >= 11 is 0. The van der Waals surface area contributed by atoms with Gasteiger partial charge in [0.1, 0.15) is 12.2 Å². The molecule has 0 saturated carbocycles. The Morgan fingerprint density at radius 2 is 2.12 bits per heavy atom. The zero-order valence-electron chi connectivity index (χ0n) is 8.49. The Bertz CT molecular complexity index is 542. The Morgan fingerprint density at radius 3 is 2.81 bits per heavy atom.